The fourth-order valence-corrected chi connectivity index (χ4v) is 2.67. The van der Waals surface area contributed by atoms with Crippen LogP contribution >= 0.6 is 0 Å². The molecule has 64 valence electrons. The molecule has 1 aliphatic carbocycles. The van der Waals surface area contributed by atoms with Gasteiger partial charge in [-0.25, -0.2) is 0 Å². The van der Waals surface area contributed by atoms with Crippen LogP contribution in [-0.4, -0.2) is 31.1 Å². The number of piperidine rings is 1. The fraction of sp³-hybridized carbons (Fsp3) is 1.00. The van der Waals surface area contributed by atoms with E-state index in [-0.39, 0.29) is 6.04 Å². The van der Waals surface area contributed by atoms with E-state index in [0.29, 0.717) is 11.8 Å². The van der Waals surface area contributed by atoms with Crippen LogP contribution in [0.25, 0.3) is 5.73 Å². The van der Waals surface area contributed by atoms with Gasteiger partial charge in [-0.2, -0.15) is 0 Å². The predicted octanol–water partition coefficient (Wildman–Crippen LogP) is 1.77. The highest BCUT2D eigenvalue weighted by Gasteiger charge is 2.31. The molecule has 0 spiro atoms. The van der Waals surface area contributed by atoms with E-state index in [0.717, 1.165) is 0 Å². The second kappa shape index (κ2) is 2.76. The largest absolute Gasteiger partial charge is 0.674 e. The lowest BCUT2D eigenvalue weighted by Gasteiger charge is -2.49. The minimum absolute atomic E-state index is 0.264. The molecule has 0 aromatic carbocycles. The summed E-state index contributed by atoms with van der Waals surface area (Å²) in [5.41, 5.74) is 7.95. The van der Waals surface area contributed by atoms with Gasteiger partial charge in [-0.1, -0.05) is 19.3 Å². The summed E-state index contributed by atoms with van der Waals surface area (Å²) in [7, 11) is 2.19. The third-order valence-corrected chi connectivity index (χ3v) is 3.26. The number of nitrogens with zero attached hydrogens (tertiary/aromatic N) is 1. The van der Waals surface area contributed by atoms with Crippen LogP contribution in [0, 0.1) is 11.8 Å². The first kappa shape index (κ1) is 7.56. The summed E-state index contributed by atoms with van der Waals surface area (Å²) in [5, 5.41) is 0. The average Bonchev–Trinajstić information content (AvgIpc) is 1.92. The first-order valence-corrected chi connectivity index (χ1v) is 4.67. The SMILES string of the molecule is CN1CC2CCCC(C1)C2[NH-]. The van der Waals surface area contributed by atoms with Gasteiger partial charge in [0.05, 0.1) is 0 Å². The number of nitrogens with one attached hydrogen (secondary N) is 1. The Labute approximate surface area is 68.7 Å². The molecule has 2 heteroatoms. The zero-order valence-corrected chi connectivity index (χ0v) is 7.21. The number of hydrogen-bond acceptors (Lipinski definition) is 1. The van der Waals surface area contributed by atoms with Crippen molar-refractivity contribution in [3.8, 4) is 0 Å². The third kappa shape index (κ3) is 1.30. The van der Waals surface area contributed by atoms with Crippen LogP contribution in [0.2, 0.25) is 0 Å². The van der Waals surface area contributed by atoms with Crippen LogP contribution in [0.1, 0.15) is 19.3 Å². The fourth-order valence-electron chi connectivity index (χ4n) is 2.67. The normalized spacial score (nSPS) is 45.8. The Morgan fingerprint density at radius 2 is 1.73 bits per heavy atom. The van der Waals surface area contributed by atoms with E-state index in [2.05, 4.69) is 11.9 Å². The van der Waals surface area contributed by atoms with Crippen molar-refractivity contribution in [2.45, 2.75) is 25.3 Å². The molecule has 2 unspecified atom stereocenters. The molecule has 0 aromatic heterocycles. The standard InChI is InChI=1S/C9H17N2/c1-11-5-7-3-2-4-8(6-11)9(7)10/h7-10H,2-6H2,1H3/q-1. The molecule has 0 amide bonds. The first-order valence-electron chi connectivity index (χ1n) is 4.67. The Hall–Kier alpha value is -0.0800. The van der Waals surface area contributed by atoms with Crippen molar-refractivity contribution in [2.24, 2.45) is 11.8 Å². The van der Waals surface area contributed by atoms with Crippen molar-refractivity contribution in [1.29, 1.82) is 0 Å². The monoisotopic (exact) mass is 153 g/mol. The summed E-state index contributed by atoms with van der Waals surface area (Å²) < 4.78 is 0. The molecule has 11 heavy (non-hydrogen) atoms. The van der Waals surface area contributed by atoms with Gasteiger partial charge in [0.2, 0.25) is 0 Å². The lowest BCUT2D eigenvalue weighted by molar-refractivity contribution is 0.0990. The summed E-state index contributed by atoms with van der Waals surface area (Å²) in [6, 6.07) is 0.264. The molecule has 2 rings (SSSR count). The van der Waals surface area contributed by atoms with E-state index in [1.54, 1.807) is 0 Å². The van der Waals surface area contributed by atoms with Crippen molar-refractivity contribution >= 4 is 0 Å². The van der Waals surface area contributed by atoms with Crippen LogP contribution in [-0.2, 0) is 0 Å². The zero-order chi connectivity index (χ0) is 7.84. The second-order valence-corrected chi connectivity index (χ2v) is 4.20. The van der Waals surface area contributed by atoms with Gasteiger partial charge in [0.1, 0.15) is 0 Å². The van der Waals surface area contributed by atoms with Crippen molar-refractivity contribution in [3.05, 3.63) is 5.73 Å². The van der Waals surface area contributed by atoms with Crippen LogP contribution in [0.5, 0.6) is 0 Å². The Bertz CT molecular complexity index is 132. The molecule has 2 aliphatic rings. The molecule has 1 saturated heterocycles. The smallest absolute Gasteiger partial charge is 0.000716 e. The molecular formula is C9H17N2-. The molecule has 1 saturated carbocycles. The van der Waals surface area contributed by atoms with Crippen molar-refractivity contribution in [3.63, 3.8) is 0 Å². The quantitative estimate of drug-likeness (QED) is 0.521. The maximum Gasteiger partial charge on any atom is -0.000716 e. The molecule has 2 nitrogen and oxygen atoms in total. The second-order valence-electron chi connectivity index (χ2n) is 4.20. The number of fused-ring (bicyclic) bond motifs is 2. The minimum atomic E-state index is 0.264. The van der Waals surface area contributed by atoms with E-state index in [9.17, 15) is 0 Å². The van der Waals surface area contributed by atoms with Crippen LogP contribution in [0.4, 0.5) is 0 Å². The highest BCUT2D eigenvalue weighted by molar-refractivity contribution is 4.97. The van der Waals surface area contributed by atoms with Crippen molar-refractivity contribution < 1.29 is 0 Å². The van der Waals surface area contributed by atoms with Gasteiger partial charge in [-0.15, -0.1) is 6.04 Å². The van der Waals surface area contributed by atoms with Gasteiger partial charge in [0, 0.05) is 0 Å². The number of likely N-dealkylation sites (tertiary alicyclic amines) is 1. The molecule has 2 fully saturated rings. The topological polar surface area (TPSA) is 27.0 Å². The highest BCUT2D eigenvalue weighted by atomic mass is 15.1. The summed E-state index contributed by atoms with van der Waals surface area (Å²) in [6.45, 7) is 2.34. The predicted molar refractivity (Wildman–Crippen MR) is 46.4 cm³/mol. The minimum Gasteiger partial charge on any atom is -0.674 e. The summed E-state index contributed by atoms with van der Waals surface area (Å²) in [5.74, 6) is 1.37. The van der Waals surface area contributed by atoms with Crippen molar-refractivity contribution in [1.82, 2.24) is 4.90 Å². The zero-order valence-electron chi connectivity index (χ0n) is 7.21. The molecule has 2 atom stereocenters. The number of rotatable bonds is 0. The van der Waals surface area contributed by atoms with E-state index < -0.39 is 0 Å². The Balaban J connectivity index is 2.07. The number of hydrogen-bond donors (Lipinski definition) is 0. The maximum atomic E-state index is 7.95. The van der Waals surface area contributed by atoms with Crippen molar-refractivity contribution in [2.75, 3.05) is 20.1 Å². The van der Waals surface area contributed by atoms with Gasteiger partial charge in [0.25, 0.3) is 0 Å². The molecule has 0 radical (unpaired) electrons. The Morgan fingerprint density at radius 3 is 2.27 bits per heavy atom. The van der Waals surface area contributed by atoms with Gasteiger partial charge < -0.3 is 10.6 Å². The van der Waals surface area contributed by atoms with E-state index in [1.807, 2.05) is 0 Å². The summed E-state index contributed by atoms with van der Waals surface area (Å²) >= 11 is 0. The van der Waals surface area contributed by atoms with Gasteiger partial charge >= 0.3 is 0 Å². The van der Waals surface area contributed by atoms with Gasteiger partial charge in [-0.05, 0) is 32.0 Å². The third-order valence-electron chi connectivity index (χ3n) is 3.26. The Morgan fingerprint density at radius 1 is 1.18 bits per heavy atom. The lowest BCUT2D eigenvalue weighted by atomic mass is 9.74. The van der Waals surface area contributed by atoms with E-state index in [1.165, 1.54) is 32.4 Å². The van der Waals surface area contributed by atoms with E-state index in [4.69, 9.17) is 5.73 Å². The van der Waals surface area contributed by atoms with Gasteiger partial charge in [0.15, 0.2) is 0 Å². The molecule has 0 aromatic rings. The van der Waals surface area contributed by atoms with Crippen LogP contribution < -0.4 is 0 Å². The highest BCUT2D eigenvalue weighted by Crippen LogP contribution is 2.35. The van der Waals surface area contributed by atoms with Crippen LogP contribution in [0.3, 0.4) is 0 Å². The van der Waals surface area contributed by atoms with Crippen LogP contribution in [0.15, 0.2) is 0 Å². The van der Waals surface area contributed by atoms with Gasteiger partial charge in [-0.3, -0.25) is 0 Å². The molecule has 1 aliphatic heterocycles. The molecule has 1 heterocycles. The molecular weight excluding hydrogens is 136 g/mol. The Kier molecular flexibility index (Phi) is 1.90. The average molecular weight is 153 g/mol. The molecule has 2 bridgehead atoms. The lowest BCUT2D eigenvalue weighted by Crippen LogP contribution is -2.48. The maximum absolute atomic E-state index is 7.95. The summed E-state index contributed by atoms with van der Waals surface area (Å²) in [6.07, 6.45) is 3.97. The molecule has 1 N–H and O–H groups in total. The first-order chi connectivity index (χ1) is 5.27. The van der Waals surface area contributed by atoms with E-state index >= 15 is 0 Å². The summed E-state index contributed by atoms with van der Waals surface area (Å²) in [4.78, 5) is 2.40.